The lowest BCUT2D eigenvalue weighted by Crippen LogP contribution is -2.28. The number of nitrogens with zero attached hydrogens (tertiary/aromatic N) is 3. The van der Waals surface area contributed by atoms with Crippen LogP contribution in [0.1, 0.15) is 16.7 Å². The van der Waals surface area contributed by atoms with Gasteiger partial charge < -0.3 is 5.32 Å². The summed E-state index contributed by atoms with van der Waals surface area (Å²) in [6.45, 7) is 2.99. The molecule has 1 N–H and O–H groups in total. The van der Waals surface area contributed by atoms with Crippen molar-refractivity contribution in [1.82, 2.24) is 19.9 Å². The number of rotatable bonds is 8. The highest BCUT2D eigenvalue weighted by Crippen LogP contribution is 2.30. The predicted molar refractivity (Wildman–Crippen MR) is 143 cm³/mol. The lowest BCUT2D eigenvalue weighted by atomic mass is 10.1. The summed E-state index contributed by atoms with van der Waals surface area (Å²) in [4.78, 5) is 36.2. The second-order valence-electron chi connectivity index (χ2n) is 8.28. The third kappa shape index (κ3) is 5.28. The highest BCUT2D eigenvalue weighted by atomic mass is 32.2. The second-order valence-corrected chi connectivity index (χ2v) is 10.2. The van der Waals surface area contributed by atoms with Crippen LogP contribution in [-0.2, 0) is 17.8 Å². The minimum absolute atomic E-state index is 0.0843. The Kier molecular flexibility index (Phi) is 6.92. The fourth-order valence-electron chi connectivity index (χ4n) is 3.84. The SMILES string of the molecule is Cc1ccc(Cn2c(SCC(=O)NCCc3ccccc3)nc3c(sc4ncccc43)c2=O)cc1. The van der Waals surface area contributed by atoms with E-state index in [1.165, 1.54) is 28.7 Å². The minimum atomic E-state index is -0.106. The van der Waals surface area contributed by atoms with Crippen LogP contribution >= 0.6 is 23.1 Å². The topological polar surface area (TPSA) is 76.9 Å². The molecule has 0 fully saturated rings. The number of thioether (sulfide) groups is 1. The second kappa shape index (κ2) is 10.4. The summed E-state index contributed by atoms with van der Waals surface area (Å²) in [6, 6.07) is 21.9. The molecule has 0 spiro atoms. The first-order valence-electron chi connectivity index (χ1n) is 11.4. The molecule has 176 valence electrons. The molecule has 5 rings (SSSR count). The average molecular weight is 501 g/mol. The quantitative estimate of drug-likeness (QED) is 0.244. The molecule has 3 aromatic heterocycles. The van der Waals surface area contributed by atoms with Crippen molar-refractivity contribution in [3.8, 4) is 0 Å². The molecule has 0 radical (unpaired) electrons. The maximum absolute atomic E-state index is 13.6. The number of hydrogen-bond acceptors (Lipinski definition) is 6. The Bertz CT molecular complexity index is 1540. The van der Waals surface area contributed by atoms with Crippen molar-refractivity contribution in [2.45, 2.75) is 25.0 Å². The number of thiophene rings is 1. The fraction of sp³-hybridized carbons (Fsp3) is 0.185. The van der Waals surface area contributed by atoms with Crippen molar-refractivity contribution in [3.05, 3.63) is 100.0 Å². The van der Waals surface area contributed by atoms with Gasteiger partial charge in [-0.1, -0.05) is 71.9 Å². The van der Waals surface area contributed by atoms with E-state index in [1.807, 2.05) is 73.7 Å². The van der Waals surface area contributed by atoms with Gasteiger partial charge >= 0.3 is 0 Å². The Morgan fingerprint density at radius 2 is 1.83 bits per heavy atom. The molecule has 5 aromatic rings. The molecule has 0 aliphatic heterocycles. The molecule has 8 heteroatoms. The first-order chi connectivity index (χ1) is 17.1. The summed E-state index contributed by atoms with van der Waals surface area (Å²) >= 11 is 2.65. The molecule has 0 atom stereocenters. The summed E-state index contributed by atoms with van der Waals surface area (Å²) in [5.41, 5.74) is 3.89. The van der Waals surface area contributed by atoms with Crippen molar-refractivity contribution in [2.75, 3.05) is 12.3 Å². The van der Waals surface area contributed by atoms with Crippen LogP contribution in [0, 0.1) is 6.92 Å². The van der Waals surface area contributed by atoms with E-state index in [4.69, 9.17) is 4.98 Å². The smallest absolute Gasteiger partial charge is 0.272 e. The van der Waals surface area contributed by atoms with E-state index in [0.717, 1.165) is 27.8 Å². The van der Waals surface area contributed by atoms with Gasteiger partial charge in [0.15, 0.2) is 5.16 Å². The van der Waals surface area contributed by atoms with Crippen LogP contribution < -0.4 is 10.9 Å². The van der Waals surface area contributed by atoms with Crippen molar-refractivity contribution in [1.29, 1.82) is 0 Å². The summed E-state index contributed by atoms with van der Waals surface area (Å²) in [5.74, 6) is 0.0972. The van der Waals surface area contributed by atoms with Crippen LogP contribution in [0.15, 0.2) is 82.9 Å². The van der Waals surface area contributed by atoms with Gasteiger partial charge in [0.1, 0.15) is 9.53 Å². The number of benzene rings is 2. The first-order valence-corrected chi connectivity index (χ1v) is 13.2. The fourth-order valence-corrected chi connectivity index (χ4v) is 5.69. The van der Waals surface area contributed by atoms with Crippen molar-refractivity contribution in [2.24, 2.45) is 0 Å². The van der Waals surface area contributed by atoms with Crippen LogP contribution in [0.5, 0.6) is 0 Å². The van der Waals surface area contributed by atoms with Gasteiger partial charge in [-0.25, -0.2) is 9.97 Å². The third-order valence-electron chi connectivity index (χ3n) is 5.69. The Balaban J connectivity index is 1.40. The predicted octanol–water partition coefficient (Wildman–Crippen LogP) is 4.81. The molecule has 0 saturated heterocycles. The molecular formula is C27H24N4O2S2. The number of aromatic nitrogens is 3. The minimum Gasteiger partial charge on any atom is -0.355 e. The van der Waals surface area contributed by atoms with Gasteiger partial charge in [0.2, 0.25) is 5.91 Å². The average Bonchev–Trinajstić information content (AvgIpc) is 3.25. The molecule has 6 nitrogen and oxygen atoms in total. The molecule has 35 heavy (non-hydrogen) atoms. The zero-order chi connectivity index (χ0) is 24.2. The molecule has 2 aromatic carbocycles. The Labute approximate surface area is 211 Å². The number of nitrogens with one attached hydrogen (secondary N) is 1. The molecule has 0 saturated carbocycles. The van der Waals surface area contributed by atoms with Gasteiger partial charge in [-0.2, -0.15) is 0 Å². The lowest BCUT2D eigenvalue weighted by molar-refractivity contribution is -0.118. The standard InChI is InChI=1S/C27H24N4O2S2/c1-18-9-11-20(12-10-18)16-31-26(33)24-23(21-8-5-14-29-25(21)35-24)30-27(31)34-17-22(32)28-15-13-19-6-3-2-4-7-19/h2-12,14H,13,15-17H2,1H3,(H,28,32). The van der Waals surface area contributed by atoms with E-state index in [1.54, 1.807) is 10.8 Å². The normalized spacial score (nSPS) is 11.2. The van der Waals surface area contributed by atoms with Crippen LogP contribution in [0.25, 0.3) is 20.4 Å². The molecule has 3 heterocycles. The van der Waals surface area contributed by atoms with Gasteiger partial charge in [-0.15, -0.1) is 11.3 Å². The van der Waals surface area contributed by atoms with Gasteiger partial charge in [0, 0.05) is 18.1 Å². The lowest BCUT2D eigenvalue weighted by Gasteiger charge is -2.12. The van der Waals surface area contributed by atoms with Gasteiger partial charge in [-0.3, -0.25) is 14.2 Å². The number of amides is 1. The van der Waals surface area contributed by atoms with E-state index < -0.39 is 0 Å². The van der Waals surface area contributed by atoms with Crippen LogP contribution in [0.2, 0.25) is 0 Å². The largest absolute Gasteiger partial charge is 0.355 e. The summed E-state index contributed by atoms with van der Waals surface area (Å²) < 4.78 is 2.26. The van der Waals surface area contributed by atoms with Crippen LogP contribution in [0.3, 0.4) is 0 Å². The monoisotopic (exact) mass is 500 g/mol. The van der Waals surface area contributed by atoms with E-state index in [2.05, 4.69) is 10.3 Å². The third-order valence-corrected chi connectivity index (χ3v) is 7.76. The molecular weight excluding hydrogens is 476 g/mol. The molecule has 0 aliphatic carbocycles. The summed E-state index contributed by atoms with van der Waals surface area (Å²) in [6.07, 6.45) is 2.49. The van der Waals surface area contributed by atoms with Crippen molar-refractivity contribution in [3.63, 3.8) is 0 Å². The summed E-state index contributed by atoms with van der Waals surface area (Å²) in [7, 11) is 0. The van der Waals surface area contributed by atoms with Gasteiger partial charge in [0.25, 0.3) is 5.56 Å². The van der Waals surface area contributed by atoms with Crippen molar-refractivity contribution < 1.29 is 4.79 Å². The molecule has 0 bridgehead atoms. The highest BCUT2D eigenvalue weighted by molar-refractivity contribution is 7.99. The molecule has 0 unspecified atom stereocenters. The highest BCUT2D eigenvalue weighted by Gasteiger charge is 2.18. The number of aryl methyl sites for hydroxylation is 1. The van der Waals surface area contributed by atoms with Crippen LogP contribution in [0.4, 0.5) is 0 Å². The van der Waals surface area contributed by atoms with E-state index in [-0.39, 0.29) is 17.2 Å². The maximum Gasteiger partial charge on any atom is 0.272 e. The number of hydrogen-bond donors (Lipinski definition) is 1. The van der Waals surface area contributed by atoms with Crippen molar-refractivity contribution >= 4 is 49.4 Å². The maximum atomic E-state index is 13.6. The van der Waals surface area contributed by atoms with Crippen LogP contribution in [-0.4, -0.2) is 32.7 Å². The zero-order valence-corrected chi connectivity index (χ0v) is 20.9. The van der Waals surface area contributed by atoms with Gasteiger partial charge in [-0.05, 0) is 36.6 Å². The van der Waals surface area contributed by atoms with E-state index in [9.17, 15) is 9.59 Å². The Hall–Kier alpha value is -3.49. The van der Waals surface area contributed by atoms with E-state index >= 15 is 0 Å². The van der Waals surface area contributed by atoms with E-state index in [0.29, 0.717) is 28.5 Å². The number of carbonyl (C=O) groups excluding carboxylic acids is 1. The molecule has 0 aliphatic rings. The number of fused-ring (bicyclic) bond motifs is 3. The van der Waals surface area contributed by atoms with Gasteiger partial charge in [0.05, 0.1) is 17.8 Å². The number of carbonyl (C=O) groups is 1. The first kappa shape index (κ1) is 23.3. The number of pyridine rings is 1. The Morgan fingerprint density at radius 3 is 2.63 bits per heavy atom. The molecule has 1 amide bonds. The zero-order valence-electron chi connectivity index (χ0n) is 19.2. The Morgan fingerprint density at radius 1 is 1.03 bits per heavy atom. The summed E-state index contributed by atoms with van der Waals surface area (Å²) in [5, 5.41) is 4.36.